The standard InChI is InChI=1S/C17H15N3O3/c1-19-17(22)13-5-3-6-14(9-13)20-16(21)11-23-15-7-2-4-12(8-15)10-18/h2-9H,11H2,1H3,(H,19,22)(H,20,21). The molecule has 0 saturated heterocycles. The van der Waals surface area contributed by atoms with Gasteiger partial charge in [0.15, 0.2) is 6.61 Å². The minimum atomic E-state index is -0.360. The molecule has 0 atom stereocenters. The summed E-state index contributed by atoms with van der Waals surface area (Å²) >= 11 is 0. The Morgan fingerprint density at radius 1 is 1.17 bits per heavy atom. The largest absolute Gasteiger partial charge is 0.484 e. The second-order valence-electron chi connectivity index (χ2n) is 4.64. The molecule has 0 aromatic heterocycles. The fourth-order valence-electron chi connectivity index (χ4n) is 1.88. The Labute approximate surface area is 133 Å². The number of nitrogens with zero attached hydrogens (tertiary/aromatic N) is 1. The van der Waals surface area contributed by atoms with E-state index in [2.05, 4.69) is 10.6 Å². The van der Waals surface area contributed by atoms with Crippen molar-refractivity contribution in [3.63, 3.8) is 0 Å². The van der Waals surface area contributed by atoms with E-state index < -0.39 is 0 Å². The van der Waals surface area contributed by atoms with Gasteiger partial charge in [0.25, 0.3) is 11.8 Å². The molecule has 0 saturated carbocycles. The maximum absolute atomic E-state index is 11.9. The highest BCUT2D eigenvalue weighted by Gasteiger charge is 2.07. The molecule has 0 aliphatic carbocycles. The van der Waals surface area contributed by atoms with Crippen LogP contribution in [0.15, 0.2) is 48.5 Å². The van der Waals surface area contributed by atoms with Crippen LogP contribution in [0.4, 0.5) is 5.69 Å². The third kappa shape index (κ3) is 4.58. The Morgan fingerprint density at radius 3 is 2.70 bits per heavy atom. The van der Waals surface area contributed by atoms with Gasteiger partial charge in [-0.1, -0.05) is 12.1 Å². The van der Waals surface area contributed by atoms with Crippen LogP contribution in [-0.4, -0.2) is 25.5 Å². The zero-order valence-corrected chi connectivity index (χ0v) is 12.5. The maximum Gasteiger partial charge on any atom is 0.262 e. The SMILES string of the molecule is CNC(=O)c1cccc(NC(=O)COc2cccc(C#N)c2)c1. The van der Waals surface area contributed by atoms with Crippen LogP contribution in [0.3, 0.4) is 0 Å². The molecular formula is C17H15N3O3. The minimum absolute atomic E-state index is 0.195. The maximum atomic E-state index is 11.9. The van der Waals surface area contributed by atoms with Gasteiger partial charge in [0.1, 0.15) is 5.75 Å². The average Bonchev–Trinajstić information content (AvgIpc) is 2.59. The molecule has 0 fully saturated rings. The first-order valence-electron chi connectivity index (χ1n) is 6.87. The van der Waals surface area contributed by atoms with Crippen LogP contribution >= 0.6 is 0 Å². The predicted molar refractivity (Wildman–Crippen MR) is 85.1 cm³/mol. The zero-order valence-electron chi connectivity index (χ0n) is 12.5. The van der Waals surface area contributed by atoms with Gasteiger partial charge < -0.3 is 15.4 Å². The molecule has 0 aliphatic heterocycles. The van der Waals surface area contributed by atoms with Gasteiger partial charge in [-0.25, -0.2) is 0 Å². The Morgan fingerprint density at radius 2 is 1.96 bits per heavy atom. The van der Waals surface area contributed by atoms with Crippen molar-refractivity contribution in [3.8, 4) is 11.8 Å². The lowest BCUT2D eigenvalue weighted by atomic mass is 10.2. The fraction of sp³-hybridized carbons (Fsp3) is 0.118. The van der Waals surface area contributed by atoms with E-state index in [1.54, 1.807) is 48.5 Å². The number of nitrogens with one attached hydrogen (secondary N) is 2. The van der Waals surface area contributed by atoms with E-state index in [9.17, 15) is 9.59 Å². The second kappa shape index (κ2) is 7.61. The Bertz CT molecular complexity index is 766. The van der Waals surface area contributed by atoms with Gasteiger partial charge in [-0.05, 0) is 36.4 Å². The van der Waals surface area contributed by atoms with Crippen molar-refractivity contribution in [2.75, 3.05) is 19.0 Å². The number of amides is 2. The molecule has 6 nitrogen and oxygen atoms in total. The number of ether oxygens (including phenoxy) is 1. The summed E-state index contributed by atoms with van der Waals surface area (Å²) in [6, 6.07) is 15.1. The highest BCUT2D eigenvalue weighted by molar-refractivity contribution is 5.97. The van der Waals surface area contributed by atoms with E-state index in [1.807, 2.05) is 6.07 Å². The molecule has 2 aromatic rings. The van der Waals surface area contributed by atoms with Crippen LogP contribution in [-0.2, 0) is 4.79 Å². The lowest BCUT2D eigenvalue weighted by Gasteiger charge is -2.08. The number of carbonyl (C=O) groups is 2. The van der Waals surface area contributed by atoms with E-state index in [0.29, 0.717) is 22.6 Å². The van der Waals surface area contributed by atoms with Crippen molar-refractivity contribution in [2.24, 2.45) is 0 Å². The minimum Gasteiger partial charge on any atom is -0.484 e. The molecule has 2 N–H and O–H groups in total. The van der Waals surface area contributed by atoms with Crippen molar-refractivity contribution in [1.29, 1.82) is 5.26 Å². The van der Waals surface area contributed by atoms with Gasteiger partial charge in [0.2, 0.25) is 0 Å². The van der Waals surface area contributed by atoms with Gasteiger partial charge >= 0.3 is 0 Å². The van der Waals surface area contributed by atoms with Gasteiger partial charge in [0.05, 0.1) is 11.6 Å². The van der Waals surface area contributed by atoms with Gasteiger partial charge in [-0.3, -0.25) is 9.59 Å². The normalized spacial score (nSPS) is 9.57. The van der Waals surface area contributed by atoms with E-state index in [1.165, 1.54) is 7.05 Å². The molecule has 0 aliphatic rings. The summed E-state index contributed by atoms with van der Waals surface area (Å²) in [7, 11) is 1.54. The van der Waals surface area contributed by atoms with Crippen molar-refractivity contribution < 1.29 is 14.3 Å². The van der Waals surface area contributed by atoms with Crippen LogP contribution in [0.1, 0.15) is 15.9 Å². The number of hydrogen-bond acceptors (Lipinski definition) is 4. The first kappa shape index (κ1) is 16.0. The third-order valence-electron chi connectivity index (χ3n) is 2.97. The number of nitriles is 1. The molecule has 0 spiro atoms. The monoisotopic (exact) mass is 309 g/mol. The van der Waals surface area contributed by atoms with E-state index in [-0.39, 0.29) is 18.4 Å². The first-order chi connectivity index (χ1) is 11.1. The summed E-state index contributed by atoms with van der Waals surface area (Å²) < 4.78 is 5.34. The topological polar surface area (TPSA) is 91.2 Å². The third-order valence-corrected chi connectivity index (χ3v) is 2.97. The summed E-state index contributed by atoms with van der Waals surface area (Å²) in [6.07, 6.45) is 0. The van der Waals surface area contributed by atoms with Crippen molar-refractivity contribution >= 4 is 17.5 Å². The molecule has 116 valence electrons. The van der Waals surface area contributed by atoms with E-state index in [0.717, 1.165) is 0 Å². The molecule has 23 heavy (non-hydrogen) atoms. The summed E-state index contributed by atoms with van der Waals surface area (Å²) in [5.74, 6) is -0.148. The van der Waals surface area contributed by atoms with Crippen LogP contribution in [0.25, 0.3) is 0 Å². The number of anilines is 1. The Balaban J connectivity index is 1.94. The average molecular weight is 309 g/mol. The van der Waals surface area contributed by atoms with Crippen molar-refractivity contribution in [3.05, 3.63) is 59.7 Å². The molecule has 2 aromatic carbocycles. The van der Waals surface area contributed by atoms with Gasteiger partial charge in [0, 0.05) is 18.3 Å². The lowest BCUT2D eigenvalue weighted by Crippen LogP contribution is -2.21. The number of rotatable bonds is 5. The Hall–Kier alpha value is -3.33. The van der Waals surface area contributed by atoms with Gasteiger partial charge in [-0.15, -0.1) is 0 Å². The second-order valence-corrected chi connectivity index (χ2v) is 4.64. The van der Waals surface area contributed by atoms with Crippen molar-refractivity contribution in [1.82, 2.24) is 5.32 Å². The van der Waals surface area contributed by atoms with Crippen LogP contribution in [0, 0.1) is 11.3 Å². The molecule has 2 rings (SSSR count). The van der Waals surface area contributed by atoms with Crippen LogP contribution in [0.2, 0.25) is 0 Å². The number of carbonyl (C=O) groups excluding carboxylic acids is 2. The molecule has 2 amide bonds. The number of benzene rings is 2. The molecule has 0 unspecified atom stereocenters. The highest BCUT2D eigenvalue weighted by atomic mass is 16.5. The smallest absolute Gasteiger partial charge is 0.262 e. The van der Waals surface area contributed by atoms with E-state index in [4.69, 9.17) is 10.00 Å². The Kier molecular flexibility index (Phi) is 5.31. The summed E-state index contributed by atoms with van der Waals surface area (Å²) in [5, 5.41) is 14.0. The molecule has 0 bridgehead atoms. The fourth-order valence-corrected chi connectivity index (χ4v) is 1.88. The van der Waals surface area contributed by atoms with Crippen molar-refractivity contribution in [2.45, 2.75) is 0 Å². The van der Waals surface area contributed by atoms with E-state index >= 15 is 0 Å². The molecule has 0 radical (unpaired) electrons. The summed E-state index contributed by atoms with van der Waals surface area (Å²) in [4.78, 5) is 23.4. The summed E-state index contributed by atoms with van der Waals surface area (Å²) in [6.45, 7) is -0.195. The summed E-state index contributed by atoms with van der Waals surface area (Å²) in [5.41, 5.74) is 1.42. The predicted octanol–water partition coefficient (Wildman–Crippen LogP) is 1.94. The molecule has 0 heterocycles. The molecular weight excluding hydrogens is 294 g/mol. The zero-order chi connectivity index (χ0) is 16.7. The van der Waals surface area contributed by atoms with Crippen LogP contribution < -0.4 is 15.4 Å². The number of hydrogen-bond donors (Lipinski definition) is 2. The van der Waals surface area contributed by atoms with Gasteiger partial charge in [-0.2, -0.15) is 5.26 Å². The quantitative estimate of drug-likeness (QED) is 0.883. The van der Waals surface area contributed by atoms with Crippen LogP contribution in [0.5, 0.6) is 5.75 Å². The lowest BCUT2D eigenvalue weighted by molar-refractivity contribution is -0.118. The highest BCUT2D eigenvalue weighted by Crippen LogP contribution is 2.13. The molecule has 6 heteroatoms. The first-order valence-corrected chi connectivity index (χ1v) is 6.87.